The maximum atomic E-state index is 4.12. The molecule has 0 amide bonds. The molecule has 5 aromatic rings. The van der Waals surface area contributed by atoms with Crippen LogP contribution in [0.2, 0.25) is 0 Å². The van der Waals surface area contributed by atoms with Crippen LogP contribution in [0.1, 0.15) is 127 Å². The van der Waals surface area contributed by atoms with Crippen molar-refractivity contribution in [2.45, 2.75) is 98.8 Å². The molecule has 0 unspecified atom stereocenters. The maximum absolute atomic E-state index is 4.12. The van der Waals surface area contributed by atoms with E-state index in [-0.39, 0.29) is 0 Å². The highest BCUT2D eigenvalue weighted by molar-refractivity contribution is 5.09. The molecule has 10 nitrogen and oxygen atoms in total. The zero-order valence-corrected chi connectivity index (χ0v) is 28.5. The van der Waals surface area contributed by atoms with E-state index in [4.69, 9.17) is 0 Å². The molecule has 0 saturated heterocycles. The summed E-state index contributed by atoms with van der Waals surface area (Å²) in [6.45, 7) is 21.2. The van der Waals surface area contributed by atoms with Crippen molar-refractivity contribution >= 4 is 0 Å². The Hall–Kier alpha value is -4.60. The summed E-state index contributed by atoms with van der Waals surface area (Å²) in [6, 6.07) is 7.81. The average Bonchev–Trinajstić information content (AvgIpc) is 3.08. The van der Waals surface area contributed by atoms with Crippen LogP contribution in [-0.4, -0.2) is 50.3 Å². The monoisotopic (exact) mass is 610 g/mol. The summed E-state index contributed by atoms with van der Waals surface area (Å²) >= 11 is 0. The van der Waals surface area contributed by atoms with E-state index in [1.54, 1.807) is 56.0 Å². The van der Waals surface area contributed by atoms with E-state index in [1.165, 1.54) is 11.1 Å². The van der Waals surface area contributed by atoms with Crippen molar-refractivity contribution in [3.8, 4) is 0 Å². The van der Waals surface area contributed by atoms with Crippen molar-refractivity contribution in [3.63, 3.8) is 0 Å². The van der Waals surface area contributed by atoms with Crippen LogP contribution >= 0.6 is 0 Å². The zero-order valence-electron chi connectivity index (χ0n) is 28.5. The summed E-state index contributed by atoms with van der Waals surface area (Å²) in [5, 5.41) is 15.1. The Labute approximate surface area is 269 Å². The van der Waals surface area contributed by atoms with Crippen molar-refractivity contribution in [2.24, 2.45) is 0 Å². The SMILES string of the molecule is CC(C)c1cccnn1.CC(C)c1ccncn1.CC(C)c1ccnnc1.CC(C)c1cnccn1.CC(C)c1cncnc1. The summed E-state index contributed by atoms with van der Waals surface area (Å²) in [6.07, 6.45) is 19.0. The van der Waals surface area contributed by atoms with Crippen LogP contribution < -0.4 is 0 Å². The van der Waals surface area contributed by atoms with Crippen molar-refractivity contribution in [3.05, 3.63) is 121 Å². The number of nitrogens with zero attached hydrogens (tertiary/aromatic N) is 10. The van der Waals surface area contributed by atoms with E-state index < -0.39 is 0 Å². The third kappa shape index (κ3) is 18.0. The van der Waals surface area contributed by atoms with Crippen molar-refractivity contribution in [1.82, 2.24) is 50.3 Å². The topological polar surface area (TPSA) is 129 Å². The number of hydrogen-bond acceptors (Lipinski definition) is 10. The van der Waals surface area contributed by atoms with E-state index in [0.717, 1.165) is 17.1 Å². The molecule has 0 radical (unpaired) electrons. The number of rotatable bonds is 5. The van der Waals surface area contributed by atoms with E-state index in [0.29, 0.717) is 29.6 Å². The first-order chi connectivity index (χ1) is 21.5. The van der Waals surface area contributed by atoms with Crippen LogP contribution in [0.3, 0.4) is 0 Å². The number of aromatic nitrogens is 10. The lowest BCUT2D eigenvalue weighted by Crippen LogP contribution is -1.92. The van der Waals surface area contributed by atoms with Crippen LogP contribution in [0.25, 0.3) is 0 Å². The molecule has 0 aliphatic carbocycles. The van der Waals surface area contributed by atoms with E-state index in [2.05, 4.69) is 120 Å². The Morgan fingerprint density at radius 3 is 1.40 bits per heavy atom. The molecule has 5 rings (SSSR count). The van der Waals surface area contributed by atoms with Crippen LogP contribution in [-0.2, 0) is 0 Å². The van der Waals surface area contributed by atoms with Gasteiger partial charge in [0.15, 0.2) is 0 Å². The van der Waals surface area contributed by atoms with Gasteiger partial charge in [-0.1, -0.05) is 69.2 Å². The predicted molar refractivity (Wildman–Crippen MR) is 181 cm³/mol. The molecule has 240 valence electrons. The van der Waals surface area contributed by atoms with Gasteiger partial charge in [0, 0.05) is 55.3 Å². The minimum Gasteiger partial charge on any atom is -0.261 e. The van der Waals surface area contributed by atoms with Crippen LogP contribution in [0.4, 0.5) is 0 Å². The predicted octanol–water partition coefficient (Wildman–Crippen LogP) is 8.00. The Morgan fingerprint density at radius 1 is 0.400 bits per heavy atom. The lowest BCUT2D eigenvalue weighted by molar-refractivity contribution is 0.785. The van der Waals surface area contributed by atoms with Crippen LogP contribution in [0.15, 0.2) is 92.7 Å². The van der Waals surface area contributed by atoms with Crippen LogP contribution in [0.5, 0.6) is 0 Å². The molecule has 5 heterocycles. The first-order valence-corrected chi connectivity index (χ1v) is 15.3. The van der Waals surface area contributed by atoms with Crippen molar-refractivity contribution in [1.29, 1.82) is 0 Å². The molecule has 0 N–H and O–H groups in total. The van der Waals surface area contributed by atoms with Gasteiger partial charge in [-0.15, -0.1) is 0 Å². The van der Waals surface area contributed by atoms with Crippen molar-refractivity contribution < 1.29 is 0 Å². The fraction of sp³-hybridized carbons (Fsp3) is 0.429. The third-order valence-electron chi connectivity index (χ3n) is 6.08. The van der Waals surface area contributed by atoms with Crippen LogP contribution in [0, 0.1) is 0 Å². The van der Waals surface area contributed by atoms with E-state index >= 15 is 0 Å². The van der Waals surface area contributed by atoms with E-state index in [9.17, 15) is 0 Å². The Balaban J connectivity index is 0.000000281. The van der Waals surface area contributed by atoms with Gasteiger partial charge in [-0.2, -0.15) is 20.4 Å². The summed E-state index contributed by atoms with van der Waals surface area (Å²) in [7, 11) is 0. The second kappa shape index (κ2) is 22.9. The van der Waals surface area contributed by atoms with Gasteiger partial charge in [-0.3, -0.25) is 9.97 Å². The molecule has 45 heavy (non-hydrogen) atoms. The third-order valence-corrected chi connectivity index (χ3v) is 6.08. The summed E-state index contributed by atoms with van der Waals surface area (Å²) in [5.74, 6) is 2.57. The van der Waals surface area contributed by atoms with Gasteiger partial charge in [0.05, 0.1) is 17.6 Å². The van der Waals surface area contributed by atoms with Gasteiger partial charge < -0.3 is 0 Å². The summed E-state index contributed by atoms with van der Waals surface area (Å²) in [4.78, 5) is 23.7. The molecule has 0 fully saturated rings. The molecule has 0 aliphatic rings. The smallest absolute Gasteiger partial charge is 0.115 e. The molecule has 0 saturated carbocycles. The quantitative estimate of drug-likeness (QED) is 0.193. The van der Waals surface area contributed by atoms with Gasteiger partial charge in [-0.05, 0) is 65.0 Å². The largest absolute Gasteiger partial charge is 0.261 e. The fourth-order valence-corrected chi connectivity index (χ4v) is 3.12. The van der Waals surface area contributed by atoms with Gasteiger partial charge in [0.1, 0.15) is 12.7 Å². The van der Waals surface area contributed by atoms with Gasteiger partial charge in [0.25, 0.3) is 0 Å². The molecule has 5 aromatic heterocycles. The fourth-order valence-electron chi connectivity index (χ4n) is 3.12. The molecular weight excluding hydrogens is 560 g/mol. The molecule has 0 spiro atoms. The Morgan fingerprint density at radius 2 is 1.07 bits per heavy atom. The summed E-state index contributed by atoms with van der Waals surface area (Å²) in [5.41, 5.74) is 5.64. The van der Waals surface area contributed by atoms with Crippen molar-refractivity contribution in [2.75, 3.05) is 0 Å². The molecule has 0 aromatic carbocycles. The lowest BCUT2D eigenvalue weighted by atomic mass is 10.1. The second-order valence-electron chi connectivity index (χ2n) is 11.5. The normalized spacial score (nSPS) is 10.1. The maximum Gasteiger partial charge on any atom is 0.115 e. The first-order valence-electron chi connectivity index (χ1n) is 15.3. The Kier molecular flexibility index (Phi) is 19.5. The van der Waals surface area contributed by atoms with Gasteiger partial charge in [-0.25, -0.2) is 19.9 Å². The number of hydrogen-bond donors (Lipinski definition) is 0. The minimum absolute atomic E-state index is 0.485. The van der Waals surface area contributed by atoms with Gasteiger partial charge in [0.2, 0.25) is 0 Å². The van der Waals surface area contributed by atoms with E-state index in [1.807, 2.05) is 36.7 Å². The molecule has 0 aliphatic heterocycles. The first kappa shape index (κ1) is 38.4. The highest BCUT2D eigenvalue weighted by Gasteiger charge is 1.98. The summed E-state index contributed by atoms with van der Waals surface area (Å²) < 4.78 is 0. The lowest BCUT2D eigenvalue weighted by Gasteiger charge is -2.00. The highest BCUT2D eigenvalue weighted by Crippen LogP contribution is 2.11. The second-order valence-corrected chi connectivity index (χ2v) is 11.5. The van der Waals surface area contributed by atoms with Gasteiger partial charge >= 0.3 is 0 Å². The minimum atomic E-state index is 0.485. The molecule has 0 bridgehead atoms. The average molecular weight is 611 g/mol. The molecular formula is C35H50N10. The molecule has 0 atom stereocenters. The zero-order chi connectivity index (χ0) is 33.5. The standard InChI is InChI=1S/5C7H10N2/c1-6(2)7-3-8-5-9-4-7;1-6(2)7-5-8-3-4-9-7;1-6(2)7-3-4-8-5-9-7;1-6(2)7-3-4-8-9-5-7;1-6(2)7-4-3-5-8-9-7/h5*3-6H,1-2H3. The highest BCUT2D eigenvalue weighted by atomic mass is 15.1. The Bertz CT molecular complexity index is 1100. The molecule has 10 heteroatoms.